The maximum atomic E-state index is 12.7. The number of hydrogen-bond acceptors (Lipinski definition) is 3. The van der Waals surface area contributed by atoms with Crippen LogP contribution in [0.15, 0.2) is 0 Å². The number of amides is 2. The van der Waals surface area contributed by atoms with E-state index in [1.54, 1.807) is 0 Å². The fourth-order valence-electron chi connectivity index (χ4n) is 3.42. The first-order chi connectivity index (χ1) is 9.81. The Morgan fingerprint density at radius 3 is 2.10 bits per heavy atom. The number of carboxylic acids is 1. The smallest absolute Gasteiger partial charge is 0.320 e. The van der Waals surface area contributed by atoms with Crippen LogP contribution in [0.2, 0.25) is 0 Å². The molecule has 0 aromatic carbocycles. The van der Waals surface area contributed by atoms with Gasteiger partial charge in [-0.05, 0) is 40.7 Å². The molecule has 120 valence electrons. The van der Waals surface area contributed by atoms with Crippen molar-refractivity contribution in [2.45, 2.75) is 51.7 Å². The first-order valence-corrected chi connectivity index (χ1v) is 7.81. The third-order valence-corrected chi connectivity index (χ3v) is 5.10. The molecule has 2 heterocycles. The van der Waals surface area contributed by atoms with Gasteiger partial charge in [0, 0.05) is 37.8 Å². The number of urea groups is 1. The number of nitrogens with zero attached hydrogens (tertiary/aromatic N) is 3. The van der Waals surface area contributed by atoms with E-state index in [2.05, 4.69) is 25.8 Å². The van der Waals surface area contributed by atoms with E-state index in [1.807, 2.05) is 16.7 Å². The summed E-state index contributed by atoms with van der Waals surface area (Å²) in [4.78, 5) is 29.9. The lowest BCUT2D eigenvalue weighted by atomic mass is 9.92. The summed E-state index contributed by atoms with van der Waals surface area (Å²) in [5, 5.41) is 9.11. The van der Waals surface area contributed by atoms with Crippen molar-refractivity contribution in [1.29, 1.82) is 0 Å². The number of aliphatic carboxylic acids is 1. The van der Waals surface area contributed by atoms with Crippen LogP contribution in [0.25, 0.3) is 0 Å². The van der Waals surface area contributed by atoms with Crippen molar-refractivity contribution in [3.05, 3.63) is 0 Å². The maximum absolute atomic E-state index is 12.7. The number of rotatable bonds is 1. The number of carboxylic acid groups (broad SMARTS) is 1. The number of hydrogen-bond donors (Lipinski definition) is 1. The van der Waals surface area contributed by atoms with Gasteiger partial charge in [-0.3, -0.25) is 9.69 Å². The lowest BCUT2D eigenvalue weighted by Crippen LogP contribution is -2.60. The van der Waals surface area contributed by atoms with E-state index in [9.17, 15) is 9.59 Å². The zero-order valence-electron chi connectivity index (χ0n) is 13.5. The number of likely N-dealkylation sites (tertiary alicyclic amines) is 1. The molecule has 2 amide bonds. The summed E-state index contributed by atoms with van der Waals surface area (Å²) in [6.07, 6.45) is 1.12. The van der Waals surface area contributed by atoms with Crippen LogP contribution in [0.4, 0.5) is 4.79 Å². The Hall–Kier alpha value is -1.30. The van der Waals surface area contributed by atoms with Crippen LogP contribution in [0.5, 0.6) is 0 Å². The van der Waals surface area contributed by atoms with Gasteiger partial charge in [-0.2, -0.15) is 0 Å². The first kappa shape index (κ1) is 16.1. The minimum absolute atomic E-state index is 0.00221. The molecule has 2 aliphatic heterocycles. The van der Waals surface area contributed by atoms with Gasteiger partial charge >= 0.3 is 12.0 Å². The molecule has 2 rings (SSSR count). The predicted molar refractivity (Wildman–Crippen MR) is 80.2 cm³/mol. The zero-order valence-corrected chi connectivity index (χ0v) is 13.5. The number of likely N-dealkylation sites (N-methyl/N-ethyl adjacent to an activating group) is 1. The number of piperidine rings is 1. The molecule has 2 saturated heterocycles. The topological polar surface area (TPSA) is 64.1 Å². The van der Waals surface area contributed by atoms with Gasteiger partial charge in [0.15, 0.2) is 0 Å². The van der Waals surface area contributed by atoms with Gasteiger partial charge in [0.25, 0.3) is 0 Å². The van der Waals surface area contributed by atoms with Crippen molar-refractivity contribution in [1.82, 2.24) is 14.7 Å². The Morgan fingerprint density at radius 1 is 1.05 bits per heavy atom. The third-order valence-electron chi connectivity index (χ3n) is 5.10. The molecule has 0 aliphatic carbocycles. The first-order valence-electron chi connectivity index (χ1n) is 7.81. The summed E-state index contributed by atoms with van der Waals surface area (Å²) in [5.41, 5.74) is 0. The Labute approximate surface area is 126 Å². The standard InChI is InChI=1S/C15H27N3O3/c1-10-7-13(14(19)20)5-6-18(10)15(21)17-8-11(2)16(4)12(3)9-17/h10-13H,5-9H2,1-4H3,(H,19,20). The Kier molecular flexibility index (Phi) is 4.76. The lowest BCUT2D eigenvalue weighted by molar-refractivity contribution is -0.143. The van der Waals surface area contributed by atoms with Crippen LogP contribution >= 0.6 is 0 Å². The molecule has 21 heavy (non-hydrogen) atoms. The highest BCUT2D eigenvalue weighted by molar-refractivity contribution is 5.76. The molecular weight excluding hydrogens is 270 g/mol. The minimum Gasteiger partial charge on any atom is -0.481 e. The van der Waals surface area contributed by atoms with Crippen LogP contribution in [0.3, 0.4) is 0 Å². The van der Waals surface area contributed by atoms with Crippen LogP contribution in [-0.2, 0) is 4.79 Å². The molecule has 0 aromatic heterocycles. The minimum atomic E-state index is -0.740. The summed E-state index contributed by atoms with van der Waals surface area (Å²) in [5.74, 6) is -1.05. The van der Waals surface area contributed by atoms with Gasteiger partial charge in [-0.1, -0.05) is 0 Å². The van der Waals surface area contributed by atoms with Crippen LogP contribution in [0, 0.1) is 5.92 Å². The Balaban J connectivity index is 1.99. The molecule has 6 nitrogen and oxygen atoms in total. The molecule has 6 heteroatoms. The van der Waals surface area contributed by atoms with E-state index in [-0.39, 0.29) is 18.0 Å². The van der Waals surface area contributed by atoms with E-state index in [4.69, 9.17) is 5.11 Å². The summed E-state index contributed by atoms with van der Waals surface area (Å²) in [6.45, 7) is 8.25. The molecule has 0 aromatic rings. The van der Waals surface area contributed by atoms with E-state index in [1.165, 1.54) is 0 Å². The second-order valence-corrected chi connectivity index (χ2v) is 6.65. The quantitative estimate of drug-likeness (QED) is 0.793. The highest BCUT2D eigenvalue weighted by atomic mass is 16.4. The van der Waals surface area contributed by atoms with Gasteiger partial charge in [0.05, 0.1) is 5.92 Å². The van der Waals surface area contributed by atoms with Crippen molar-refractivity contribution >= 4 is 12.0 Å². The third kappa shape index (κ3) is 3.31. The van der Waals surface area contributed by atoms with Crippen molar-refractivity contribution in [3.8, 4) is 0 Å². The monoisotopic (exact) mass is 297 g/mol. The normalized spacial score (nSPS) is 34.9. The molecule has 0 saturated carbocycles. The van der Waals surface area contributed by atoms with Gasteiger partial charge in [0.1, 0.15) is 0 Å². The van der Waals surface area contributed by atoms with Crippen LogP contribution in [-0.4, -0.2) is 76.6 Å². The van der Waals surface area contributed by atoms with E-state index in [0.717, 1.165) is 13.1 Å². The molecule has 2 fully saturated rings. The van der Waals surface area contributed by atoms with E-state index < -0.39 is 5.97 Å². The second kappa shape index (κ2) is 6.22. The maximum Gasteiger partial charge on any atom is 0.320 e. The molecule has 0 radical (unpaired) electrons. The van der Waals surface area contributed by atoms with Crippen molar-refractivity contribution in [3.63, 3.8) is 0 Å². The van der Waals surface area contributed by atoms with Crippen molar-refractivity contribution < 1.29 is 14.7 Å². The fourth-order valence-corrected chi connectivity index (χ4v) is 3.42. The van der Waals surface area contributed by atoms with Crippen LogP contribution < -0.4 is 0 Å². The number of piperazine rings is 1. The molecule has 1 N–H and O–H groups in total. The molecule has 0 spiro atoms. The fraction of sp³-hybridized carbons (Fsp3) is 0.867. The summed E-state index contributed by atoms with van der Waals surface area (Å²) >= 11 is 0. The number of carbonyl (C=O) groups excluding carboxylic acids is 1. The number of carbonyl (C=O) groups is 2. The highest BCUT2D eigenvalue weighted by Gasteiger charge is 2.37. The summed E-state index contributed by atoms with van der Waals surface area (Å²) in [6, 6.07) is 0.768. The van der Waals surface area contributed by atoms with Gasteiger partial charge in [-0.15, -0.1) is 0 Å². The highest BCUT2D eigenvalue weighted by Crippen LogP contribution is 2.25. The SMILES string of the molecule is CC1CC(C(=O)O)CCN1C(=O)N1CC(C)N(C)C(C)C1. The largest absolute Gasteiger partial charge is 0.481 e. The van der Waals surface area contributed by atoms with Gasteiger partial charge < -0.3 is 14.9 Å². The molecule has 0 bridgehead atoms. The average molecular weight is 297 g/mol. The van der Waals surface area contributed by atoms with Crippen molar-refractivity contribution in [2.24, 2.45) is 5.92 Å². The Morgan fingerprint density at radius 2 is 1.62 bits per heavy atom. The lowest BCUT2D eigenvalue weighted by Gasteiger charge is -2.46. The van der Waals surface area contributed by atoms with Crippen molar-refractivity contribution in [2.75, 3.05) is 26.7 Å². The van der Waals surface area contributed by atoms with Crippen LogP contribution in [0.1, 0.15) is 33.6 Å². The van der Waals surface area contributed by atoms with E-state index in [0.29, 0.717) is 31.5 Å². The van der Waals surface area contributed by atoms with Gasteiger partial charge in [-0.25, -0.2) is 4.79 Å². The molecular formula is C15H27N3O3. The summed E-state index contributed by atoms with van der Waals surface area (Å²) < 4.78 is 0. The summed E-state index contributed by atoms with van der Waals surface area (Å²) in [7, 11) is 2.10. The molecule has 4 atom stereocenters. The second-order valence-electron chi connectivity index (χ2n) is 6.65. The predicted octanol–water partition coefficient (Wildman–Crippen LogP) is 1.32. The molecule has 4 unspecified atom stereocenters. The Bertz CT molecular complexity index is 403. The molecule has 2 aliphatic rings. The zero-order chi connectivity index (χ0) is 15.7. The van der Waals surface area contributed by atoms with E-state index >= 15 is 0 Å². The van der Waals surface area contributed by atoms with Gasteiger partial charge in [0.2, 0.25) is 0 Å². The average Bonchev–Trinajstić information content (AvgIpc) is 2.43.